The summed E-state index contributed by atoms with van der Waals surface area (Å²) in [4.78, 5) is 31.7. The van der Waals surface area contributed by atoms with Crippen molar-refractivity contribution < 1.29 is 33.2 Å². The fraction of sp³-hybridized carbons (Fsp3) is 0.533. The highest BCUT2D eigenvalue weighted by atomic mass is 31.2. The number of aliphatic hydroxyl groups is 1. The molecule has 0 bridgehead atoms. The zero-order valence-electron chi connectivity index (χ0n) is 34.5. The Kier molecular flexibility index (Phi) is 19.4. The first-order valence-corrected chi connectivity index (χ1v) is 21.6. The Morgan fingerprint density at radius 2 is 1.51 bits per heavy atom. The molecule has 0 spiro atoms. The van der Waals surface area contributed by atoms with E-state index in [0.29, 0.717) is 65.1 Å². The fourth-order valence-corrected chi connectivity index (χ4v) is 8.98. The second-order valence-corrected chi connectivity index (χ2v) is 16.3. The molecule has 0 aromatic heterocycles. The normalized spacial score (nSPS) is 15.8. The molecule has 3 aromatic rings. The van der Waals surface area contributed by atoms with Gasteiger partial charge in [0, 0.05) is 38.2 Å². The summed E-state index contributed by atoms with van der Waals surface area (Å²) in [5.74, 6) is 0.685. The third-order valence-electron chi connectivity index (χ3n) is 10.2. The number of methoxy groups -OCH3 is 1. The van der Waals surface area contributed by atoms with Crippen molar-refractivity contribution in [2.24, 2.45) is 0 Å². The van der Waals surface area contributed by atoms with Crippen LogP contribution in [-0.2, 0) is 35.6 Å². The van der Waals surface area contributed by atoms with Gasteiger partial charge in [-0.1, -0.05) is 73.2 Å². The lowest BCUT2D eigenvalue weighted by atomic mass is 9.79. The summed E-state index contributed by atoms with van der Waals surface area (Å²) in [7, 11) is 0.384. The molecule has 1 heterocycles. The summed E-state index contributed by atoms with van der Waals surface area (Å²) in [5, 5.41) is 12.8. The van der Waals surface area contributed by atoms with E-state index in [9.17, 15) is 14.7 Å². The summed E-state index contributed by atoms with van der Waals surface area (Å²) in [6, 6.07) is 26.0. The predicted octanol–water partition coefficient (Wildman–Crippen LogP) is 8.24. The molecule has 0 radical (unpaired) electrons. The topological polar surface area (TPSA) is 114 Å². The van der Waals surface area contributed by atoms with E-state index < -0.39 is 20.2 Å². The van der Waals surface area contributed by atoms with Crippen LogP contribution in [0.15, 0.2) is 78.9 Å². The first-order valence-electron chi connectivity index (χ1n) is 20.4. The van der Waals surface area contributed by atoms with E-state index in [1.807, 2.05) is 66.7 Å². The van der Waals surface area contributed by atoms with Gasteiger partial charge in [0.2, 0.25) is 18.4 Å². The van der Waals surface area contributed by atoms with Crippen molar-refractivity contribution >= 4 is 20.3 Å². The van der Waals surface area contributed by atoms with Gasteiger partial charge in [-0.2, -0.15) is 0 Å². The van der Waals surface area contributed by atoms with E-state index in [-0.39, 0.29) is 30.5 Å². The minimum absolute atomic E-state index is 0.0280. The highest BCUT2D eigenvalue weighted by molar-refractivity contribution is 7.44. The Hall–Kier alpha value is -3.88. The van der Waals surface area contributed by atoms with Crippen LogP contribution in [0.2, 0.25) is 0 Å². The van der Waals surface area contributed by atoms with Crippen LogP contribution in [0.25, 0.3) is 4.85 Å². The number of unbranched alkanes of at least 4 members (excludes halogenated alkanes) is 3. The molecule has 11 nitrogen and oxygen atoms in total. The monoisotopic (exact) mass is 802 g/mol. The molecule has 1 saturated heterocycles. The largest absolute Gasteiger partial charge is 0.497 e. The minimum atomic E-state index is -1.26. The summed E-state index contributed by atoms with van der Waals surface area (Å²) in [6.45, 7) is 18.2. The number of benzene rings is 3. The lowest BCUT2D eigenvalue weighted by molar-refractivity contribution is -0.138. The van der Waals surface area contributed by atoms with Gasteiger partial charge in [0.05, 0.1) is 20.3 Å². The molecule has 2 unspecified atom stereocenters. The number of nitrogens with zero attached hydrogens (tertiary/aromatic N) is 3. The van der Waals surface area contributed by atoms with Crippen molar-refractivity contribution in [2.45, 2.75) is 109 Å². The molecule has 1 aliphatic rings. The number of carbonyl (C=O) groups excluding carboxylic acids is 2. The molecule has 0 saturated carbocycles. The van der Waals surface area contributed by atoms with Crippen LogP contribution >= 0.6 is 8.53 Å². The van der Waals surface area contributed by atoms with Gasteiger partial charge in [0.1, 0.15) is 24.0 Å². The minimum Gasteiger partial charge on any atom is -0.497 e. The molecule has 2 amide bonds. The number of amides is 2. The van der Waals surface area contributed by atoms with E-state index >= 15 is 0 Å². The third kappa shape index (κ3) is 13.1. The molecule has 12 heteroatoms. The Labute approximate surface area is 341 Å². The van der Waals surface area contributed by atoms with Crippen molar-refractivity contribution in [3.05, 3.63) is 113 Å². The van der Waals surface area contributed by atoms with Crippen molar-refractivity contribution in [3.63, 3.8) is 0 Å². The molecule has 1 fully saturated rings. The van der Waals surface area contributed by atoms with Gasteiger partial charge in [-0.05, 0) is 101 Å². The summed E-state index contributed by atoms with van der Waals surface area (Å²) in [6.07, 6.45) is 5.68. The van der Waals surface area contributed by atoms with Crippen LogP contribution in [0.4, 0.5) is 0 Å². The second kappa shape index (κ2) is 24.1. The van der Waals surface area contributed by atoms with Crippen LogP contribution in [0.1, 0.15) is 101 Å². The number of nitrogens with one attached hydrogen (secondary N) is 1. The summed E-state index contributed by atoms with van der Waals surface area (Å²) in [5.41, 5.74) is 2.78. The Bertz CT molecular complexity index is 1610. The fourth-order valence-electron chi connectivity index (χ4n) is 7.36. The maximum absolute atomic E-state index is 13.3. The molecular weight excluding hydrogens is 739 g/mol. The molecule has 1 aliphatic heterocycles. The number of likely N-dealkylation sites (tertiary alicyclic amines) is 1. The average Bonchev–Trinajstić information content (AvgIpc) is 3.73. The lowest BCUT2D eigenvalue weighted by Gasteiger charge is -2.36. The van der Waals surface area contributed by atoms with Crippen molar-refractivity contribution in [2.75, 3.05) is 46.6 Å². The zero-order chi connectivity index (χ0) is 41.0. The van der Waals surface area contributed by atoms with E-state index in [2.05, 4.69) is 54.7 Å². The predicted molar refractivity (Wildman–Crippen MR) is 225 cm³/mol. The van der Waals surface area contributed by atoms with Crippen LogP contribution in [0.5, 0.6) is 5.75 Å². The number of ether oxygens (including phenoxy) is 2. The summed E-state index contributed by atoms with van der Waals surface area (Å²) < 4.78 is 26.7. The van der Waals surface area contributed by atoms with E-state index in [0.717, 1.165) is 53.7 Å². The van der Waals surface area contributed by atoms with E-state index in [4.69, 9.17) is 25.1 Å². The third-order valence-corrected chi connectivity index (χ3v) is 12.3. The number of aliphatic hydroxyl groups excluding tert-OH is 1. The van der Waals surface area contributed by atoms with Crippen LogP contribution in [0, 0.1) is 6.57 Å². The molecule has 2 N–H and O–H groups in total. The molecule has 57 heavy (non-hydrogen) atoms. The van der Waals surface area contributed by atoms with Crippen LogP contribution < -0.4 is 10.1 Å². The number of rotatable bonds is 25. The first-order chi connectivity index (χ1) is 27.7. The molecular formula is C45H63N4O7P. The van der Waals surface area contributed by atoms with Gasteiger partial charge in [-0.25, -0.2) is 11.2 Å². The average molecular weight is 803 g/mol. The van der Waals surface area contributed by atoms with Gasteiger partial charge < -0.3 is 38.7 Å². The first kappa shape index (κ1) is 45.8. The van der Waals surface area contributed by atoms with Crippen molar-refractivity contribution in [1.29, 1.82) is 0 Å². The second-order valence-electron chi connectivity index (χ2n) is 14.9. The van der Waals surface area contributed by atoms with Gasteiger partial charge in [0.15, 0.2) is 0 Å². The van der Waals surface area contributed by atoms with Crippen molar-refractivity contribution in [1.82, 2.24) is 14.9 Å². The van der Waals surface area contributed by atoms with Crippen LogP contribution in [0.3, 0.4) is 0 Å². The maximum Gasteiger partial charge on any atom is 0.259 e. The lowest BCUT2D eigenvalue weighted by Crippen LogP contribution is -2.46. The van der Waals surface area contributed by atoms with Gasteiger partial charge in [-0.3, -0.25) is 9.59 Å². The smallest absolute Gasteiger partial charge is 0.259 e. The molecule has 4 rings (SSSR count). The highest BCUT2D eigenvalue weighted by Crippen LogP contribution is 2.46. The molecule has 3 atom stereocenters. The Morgan fingerprint density at radius 1 is 0.877 bits per heavy atom. The van der Waals surface area contributed by atoms with Gasteiger partial charge >= 0.3 is 0 Å². The maximum atomic E-state index is 13.3. The summed E-state index contributed by atoms with van der Waals surface area (Å²) >= 11 is 0. The highest BCUT2D eigenvalue weighted by Gasteiger charge is 2.38. The van der Waals surface area contributed by atoms with Crippen LogP contribution in [-0.4, -0.2) is 91.2 Å². The molecule has 0 aliphatic carbocycles. The van der Waals surface area contributed by atoms with Crippen molar-refractivity contribution in [3.8, 4) is 5.75 Å². The van der Waals surface area contributed by atoms with Gasteiger partial charge in [-0.15, -0.1) is 0 Å². The van der Waals surface area contributed by atoms with Gasteiger partial charge in [0.25, 0.3) is 8.53 Å². The molecule has 310 valence electrons. The number of hydrogen-bond donors (Lipinski definition) is 2. The van der Waals surface area contributed by atoms with E-state index in [1.165, 1.54) is 0 Å². The SMILES string of the molecule is [C-]#[N+]CCOP(OCCCCCC(=O)N1CCC[C@H]1C(=O)NCCCCOC(c1ccccc1)(c1ccc(CO)cc1)c1ccc(OC)cc1)N(C(C)C)C(C)C. The Balaban J connectivity index is 1.26. The zero-order valence-corrected chi connectivity index (χ0v) is 35.4. The number of hydrogen-bond acceptors (Lipinski definition) is 8. The Morgan fingerprint density at radius 3 is 2.14 bits per heavy atom. The molecule has 3 aromatic carbocycles. The number of carbonyl (C=O) groups is 2. The standard InChI is InChI=1S/C45H63N4O7P/c1-35(2)49(36(3)4)57(56-33-29-46-5)55-32-13-8-11-19-43(51)48-30-15-18-42(48)44(52)47-28-12-14-31-54-45(38-16-9-7-10-17-38,39-22-20-37(34-50)21-23-39)40-24-26-41(53-6)27-25-40/h7,9-10,16-17,20-27,35-36,42,50H,8,11-15,18-19,28-34H2,1-4,6H3,(H,47,52)/t42-,45?,57?/m0/s1. The van der Waals surface area contributed by atoms with E-state index in [1.54, 1.807) is 12.0 Å². The quantitative estimate of drug-likeness (QED) is 0.0382.